The lowest BCUT2D eigenvalue weighted by atomic mass is 10.1. The van der Waals surface area contributed by atoms with E-state index < -0.39 is 0 Å². The van der Waals surface area contributed by atoms with Crippen LogP contribution in [0.2, 0.25) is 0 Å². The van der Waals surface area contributed by atoms with Crippen molar-refractivity contribution in [3.63, 3.8) is 0 Å². The highest BCUT2D eigenvalue weighted by Crippen LogP contribution is 2.03. The quantitative estimate of drug-likeness (QED) is 0.594. The third kappa shape index (κ3) is 4.13. The van der Waals surface area contributed by atoms with Gasteiger partial charge in [0.15, 0.2) is 0 Å². The van der Waals surface area contributed by atoms with Crippen LogP contribution in [0, 0.1) is 5.92 Å². The fourth-order valence-electron chi connectivity index (χ4n) is 0.513. The van der Waals surface area contributed by atoms with Gasteiger partial charge in [0.05, 0.1) is 0 Å². The summed E-state index contributed by atoms with van der Waals surface area (Å²) in [5.74, 6) is 0.273. The van der Waals surface area contributed by atoms with Gasteiger partial charge in [-0.25, -0.2) is 0 Å². The van der Waals surface area contributed by atoms with Crippen molar-refractivity contribution in [3.8, 4) is 0 Å². The number of carbonyl (C=O) groups is 1. The van der Waals surface area contributed by atoms with Crippen LogP contribution in [-0.2, 0) is 4.79 Å². The summed E-state index contributed by atoms with van der Waals surface area (Å²) < 4.78 is 0. The average Bonchev–Trinajstić information content (AvgIpc) is 1.82. The lowest BCUT2D eigenvalue weighted by Crippen LogP contribution is -2.11. The van der Waals surface area contributed by atoms with Gasteiger partial charge in [0, 0.05) is 5.57 Å². The monoisotopic (exact) mass is 141 g/mol. The predicted molar refractivity (Wildman–Crippen MR) is 42.4 cm³/mol. The molecule has 0 aromatic carbocycles. The first-order valence-corrected chi connectivity index (χ1v) is 3.50. The van der Waals surface area contributed by atoms with E-state index in [1.54, 1.807) is 6.92 Å². The Kier molecular flexibility index (Phi) is 3.77. The van der Waals surface area contributed by atoms with Crippen LogP contribution in [0.1, 0.15) is 27.2 Å². The van der Waals surface area contributed by atoms with Crippen molar-refractivity contribution in [2.75, 3.05) is 0 Å². The van der Waals surface area contributed by atoms with Gasteiger partial charge in [0.1, 0.15) is 0 Å². The summed E-state index contributed by atoms with van der Waals surface area (Å²) in [6, 6.07) is 0. The van der Waals surface area contributed by atoms with E-state index in [1.807, 2.05) is 6.08 Å². The van der Waals surface area contributed by atoms with E-state index in [-0.39, 0.29) is 5.91 Å². The molecule has 2 nitrogen and oxygen atoms in total. The Balaban J connectivity index is 3.81. The van der Waals surface area contributed by atoms with Crippen LogP contribution in [0.5, 0.6) is 0 Å². The lowest BCUT2D eigenvalue weighted by molar-refractivity contribution is -0.114. The molecule has 0 aromatic heterocycles. The number of primary amides is 1. The minimum Gasteiger partial charge on any atom is -0.366 e. The average molecular weight is 141 g/mol. The first-order valence-electron chi connectivity index (χ1n) is 3.50. The maximum atomic E-state index is 10.5. The Morgan fingerprint density at radius 1 is 1.60 bits per heavy atom. The number of nitrogens with two attached hydrogens (primary N) is 1. The Bertz CT molecular complexity index is 147. The molecule has 0 fully saturated rings. The summed E-state index contributed by atoms with van der Waals surface area (Å²) >= 11 is 0. The van der Waals surface area contributed by atoms with Crippen molar-refractivity contribution in [3.05, 3.63) is 11.6 Å². The second-order valence-electron chi connectivity index (χ2n) is 2.88. The van der Waals surface area contributed by atoms with E-state index >= 15 is 0 Å². The molecule has 0 aromatic rings. The van der Waals surface area contributed by atoms with Gasteiger partial charge >= 0.3 is 0 Å². The van der Waals surface area contributed by atoms with Crippen LogP contribution in [0.15, 0.2) is 11.6 Å². The lowest BCUT2D eigenvalue weighted by Gasteiger charge is -1.98. The maximum Gasteiger partial charge on any atom is 0.244 e. The van der Waals surface area contributed by atoms with Gasteiger partial charge in [-0.15, -0.1) is 0 Å². The topological polar surface area (TPSA) is 43.1 Å². The van der Waals surface area contributed by atoms with Crippen LogP contribution in [0.4, 0.5) is 0 Å². The molecule has 0 heterocycles. The van der Waals surface area contributed by atoms with Crippen LogP contribution in [0.3, 0.4) is 0 Å². The SMILES string of the molecule is C/C(=C\CC(C)C)C(N)=O. The maximum absolute atomic E-state index is 10.5. The number of rotatable bonds is 3. The Morgan fingerprint density at radius 2 is 2.10 bits per heavy atom. The van der Waals surface area contributed by atoms with Gasteiger partial charge < -0.3 is 5.73 Å². The summed E-state index contributed by atoms with van der Waals surface area (Å²) in [4.78, 5) is 10.5. The molecule has 0 aliphatic heterocycles. The second kappa shape index (κ2) is 4.09. The largest absolute Gasteiger partial charge is 0.366 e. The van der Waals surface area contributed by atoms with Crippen molar-refractivity contribution in [1.82, 2.24) is 0 Å². The second-order valence-corrected chi connectivity index (χ2v) is 2.88. The third-order valence-electron chi connectivity index (χ3n) is 1.28. The van der Waals surface area contributed by atoms with E-state index in [1.165, 1.54) is 0 Å². The zero-order valence-corrected chi connectivity index (χ0v) is 6.85. The highest BCUT2D eigenvalue weighted by atomic mass is 16.1. The molecule has 0 rings (SSSR count). The van der Waals surface area contributed by atoms with Crippen LogP contribution in [0.25, 0.3) is 0 Å². The fourth-order valence-corrected chi connectivity index (χ4v) is 0.513. The summed E-state index contributed by atoms with van der Waals surface area (Å²) in [6.07, 6.45) is 2.81. The highest BCUT2D eigenvalue weighted by molar-refractivity contribution is 5.91. The van der Waals surface area contributed by atoms with Crippen LogP contribution < -0.4 is 5.73 Å². The number of hydrogen-bond donors (Lipinski definition) is 1. The van der Waals surface area contributed by atoms with Crippen molar-refractivity contribution < 1.29 is 4.79 Å². The standard InChI is InChI=1S/C8H15NO/c1-6(2)4-5-7(3)8(9)10/h5-6H,4H2,1-3H3,(H2,9,10)/b7-5+. The summed E-state index contributed by atoms with van der Waals surface area (Å²) in [6.45, 7) is 5.94. The molecule has 1 amide bonds. The molecule has 0 saturated heterocycles. The Labute approximate surface area is 62.1 Å². The highest BCUT2D eigenvalue weighted by Gasteiger charge is 1.96. The predicted octanol–water partition coefficient (Wildman–Crippen LogP) is 1.46. The number of hydrogen-bond acceptors (Lipinski definition) is 1. The molecular weight excluding hydrogens is 126 g/mol. The number of allylic oxidation sites excluding steroid dienone is 1. The Hall–Kier alpha value is -0.790. The van der Waals surface area contributed by atoms with E-state index in [2.05, 4.69) is 13.8 Å². The van der Waals surface area contributed by atoms with Gasteiger partial charge in [0.2, 0.25) is 5.91 Å². The smallest absolute Gasteiger partial charge is 0.244 e. The molecule has 10 heavy (non-hydrogen) atoms. The van der Waals surface area contributed by atoms with E-state index in [0.717, 1.165) is 6.42 Å². The van der Waals surface area contributed by atoms with Crippen LogP contribution in [-0.4, -0.2) is 5.91 Å². The van der Waals surface area contributed by atoms with Gasteiger partial charge in [-0.05, 0) is 19.3 Å². The molecule has 58 valence electrons. The van der Waals surface area contributed by atoms with E-state index in [9.17, 15) is 4.79 Å². The minimum absolute atomic E-state index is 0.319. The molecule has 0 bridgehead atoms. The van der Waals surface area contributed by atoms with Gasteiger partial charge in [-0.3, -0.25) is 4.79 Å². The third-order valence-corrected chi connectivity index (χ3v) is 1.28. The summed E-state index contributed by atoms with van der Waals surface area (Å²) in [7, 11) is 0. The van der Waals surface area contributed by atoms with Gasteiger partial charge in [0.25, 0.3) is 0 Å². The normalized spacial score (nSPS) is 12.2. The van der Waals surface area contributed by atoms with E-state index in [0.29, 0.717) is 11.5 Å². The van der Waals surface area contributed by atoms with Crippen molar-refractivity contribution in [1.29, 1.82) is 0 Å². The zero-order chi connectivity index (χ0) is 8.15. The van der Waals surface area contributed by atoms with Crippen molar-refractivity contribution in [2.45, 2.75) is 27.2 Å². The van der Waals surface area contributed by atoms with E-state index in [4.69, 9.17) is 5.73 Å². The van der Waals surface area contributed by atoms with Gasteiger partial charge in [-0.2, -0.15) is 0 Å². The number of amides is 1. The minimum atomic E-state index is -0.319. The summed E-state index contributed by atoms with van der Waals surface area (Å²) in [5.41, 5.74) is 5.68. The van der Waals surface area contributed by atoms with Crippen molar-refractivity contribution in [2.24, 2.45) is 11.7 Å². The van der Waals surface area contributed by atoms with Crippen molar-refractivity contribution >= 4 is 5.91 Å². The Morgan fingerprint density at radius 3 is 2.40 bits per heavy atom. The molecule has 2 N–H and O–H groups in total. The first kappa shape index (κ1) is 9.21. The van der Waals surface area contributed by atoms with Crippen LogP contribution >= 0.6 is 0 Å². The molecule has 0 saturated carbocycles. The van der Waals surface area contributed by atoms with Gasteiger partial charge in [-0.1, -0.05) is 19.9 Å². The zero-order valence-electron chi connectivity index (χ0n) is 6.85. The fraction of sp³-hybridized carbons (Fsp3) is 0.625. The number of carbonyl (C=O) groups excluding carboxylic acids is 1. The molecule has 0 aliphatic rings. The first-order chi connectivity index (χ1) is 4.54. The molecule has 0 atom stereocenters. The molecule has 0 aliphatic carbocycles. The molecule has 0 spiro atoms. The molecule has 0 radical (unpaired) electrons. The molecule has 2 heteroatoms. The summed E-state index contributed by atoms with van der Waals surface area (Å²) in [5, 5.41) is 0. The molecule has 0 unspecified atom stereocenters. The molecular formula is C8H15NO.